The molecule has 0 aromatic heterocycles. The van der Waals surface area contributed by atoms with Crippen molar-refractivity contribution >= 4 is 46.8 Å². The minimum atomic E-state index is -0.823. The predicted molar refractivity (Wildman–Crippen MR) is 139 cm³/mol. The number of likely N-dealkylation sites (tertiary alicyclic amines) is 1. The summed E-state index contributed by atoms with van der Waals surface area (Å²) in [6, 6.07) is 5.69. The van der Waals surface area contributed by atoms with Crippen LogP contribution in [0.15, 0.2) is 49.6 Å². The number of aliphatic hydroxyl groups excluding tert-OH is 1. The van der Waals surface area contributed by atoms with Crippen molar-refractivity contribution in [3.8, 4) is 0 Å². The van der Waals surface area contributed by atoms with Crippen LogP contribution < -0.4 is 4.90 Å². The molecule has 3 fully saturated rings. The van der Waals surface area contributed by atoms with E-state index in [9.17, 15) is 19.5 Å². The Morgan fingerprint density at radius 2 is 1.97 bits per heavy atom. The maximum atomic E-state index is 14.3. The van der Waals surface area contributed by atoms with Gasteiger partial charge in [-0.2, -0.15) is 0 Å². The van der Waals surface area contributed by atoms with Crippen LogP contribution in [0.25, 0.3) is 0 Å². The van der Waals surface area contributed by atoms with Gasteiger partial charge in [0.25, 0.3) is 5.91 Å². The zero-order valence-corrected chi connectivity index (χ0v) is 21.7. The second-order valence-corrected chi connectivity index (χ2v) is 11.5. The lowest BCUT2D eigenvalue weighted by Crippen LogP contribution is -2.57. The molecule has 4 rings (SSSR count). The zero-order chi connectivity index (χ0) is 25.5. The molecule has 3 saturated heterocycles. The molecule has 0 radical (unpaired) electrons. The Bertz CT molecular complexity index is 1050. The van der Waals surface area contributed by atoms with Crippen LogP contribution in [-0.4, -0.2) is 81.5 Å². The Morgan fingerprint density at radius 3 is 2.60 bits per heavy atom. The van der Waals surface area contributed by atoms with Crippen LogP contribution in [0.4, 0.5) is 5.69 Å². The van der Waals surface area contributed by atoms with Gasteiger partial charge in [-0.05, 0) is 31.9 Å². The SMILES string of the molecule is C=CCN(C)C(=O)[C@@H]1[C@@H]2CCC3(S2)C(C(=O)N(CC=C)c2ccccc2Cl)N([C@H](C)CO)C(=O)[C@H]13. The number of aliphatic hydroxyl groups is 1. The Hall–Kier alpha value is -2.29. The number of halogens is 1. The van der Waals surface area contributed by atoms with Crippen molar-refractivity contribution in [3.05, 3.63) is 54.6 Å². The third-order valence-corrected chi connectivity index (χ3v) is 9.77. The number of fused-ring (bicyclic) bond motifs is 1. The van der Waals surface area contributed by atoms with E-state index >= 15 is 0 Å². The number of carbonyl (C=O) groups is 3. The van der Waals surface area contributed by atoms with Crippen molar-refractivity contribution in [2.24, 2.45) is 11.8 Å². The van der Waals surface area contributed by atoms with E-state index < -0.39 is 28.7 Å². The molecule has 0 aliphatic carbocycles. The molecule has 1 aromatic rings. The van der Waals surface area contributed by atoms with Gasteiger partial charge in [0.2, 0.25) is 11.8 Å². The molecule has 0 saturated carbocycles. The number of nitrogens with zero attached hydrogens (tertiary/aromatic N) is 3. The number of carbonyl (C=O) groups excluding carboxylic acids is 3. The van der Waals surface area contributed by atoms with Crippen molar-refractivity contribution < 1.29 is 19.5 Å². The molecule has 35 heavy (non-hydrogen) atoms. The molecular weight excluding hydrogens is 486 g/mol. The molecule has 1 spiro atoms. The summed E-state index contributed by atoms with van der Waals surface area (Å²) in [4.78, 5) is 46.4. The molecule has 2 unspecified atom stereocenters. The number of likely N-dealkylation sites (N-methyl/N-ethyl adjacent to an activating group) is 1. The molecule has 1 N–H and O–H groups in total. The number of hydrogen-bond acceptors (Lipinski definition) is 5. The lowest BCUT2D eigenvalue weighted by molar-refractivity contribution is -0.144. The fraction of sp³-hybridized carbons (Fsp3) is 0.500. The monoisotopic (exact) mass is 517 g/mol. The van der Waals surface area contributed by atoms with E-state index in [1.54, 1.807) is 72.0 Å². The molecule has 3 amide bonds. The Labute approximate surface area is 215 Å². The zero-order valence-electron chi connectivity index (χ0n) is 20.1. The van der Waals surface area contributed by atoms with Crippen molar-refractivity contribution in [1.29, 1.82) is 0 Å². The van der Waals surface area contributed by atoms with Crippen molar-refractivity contribution in [2.75, 3.05) is 31.6 Å². The number of anilines is 1. The largest absolute Gasteiger partial charge is 0.394 e. The summed E-state index contributed by atoms with van der Waals surface area (Å²) >= 11 is 8.07. The molecule has 6 atom stereocenters. The molecule has 188 valence electrons. The smallest absolute Gasteiger partial charge is 0.251 e. The van der Waals surface area contributed by atoms with E-state index in [1.807, 2.05) is 0 Å². The first kappa shape index (κ1) is 25.8. The fourth-order valence-electron chi connectivity index (χ4n) is 6.01. The van der Waals surface area contributed by atoms with E-state index in [1.165, 1.54) is 4.90 Å². The Morgan fingerprint density at radius 1 is 1.29 bits per heavy atom. The van der Waals surface area contributed by atoms with Crippen LogP contribution in [0.1, 0.15) is 19.8 Å². The Balaban J connectivity index is 1.80. The topological polar surface area (TPSA) is 81.2 Å². The average molecular weight is 518 g/mol. The van der Waals surface area contributed by atoms with Crippen LogP contribution in [0, 0.1) is 11.8 Å². The van der Waals surface area contributed by atoms with Gasteiger partial charge in [-0.25, -0.2) is 0 Å². The van der Waals surface area contributed by atoms with Crippen LogP contribution >= 0.6 is 23.4 Å². The summed E-state index contributed by atoms with van der Waals surface area (Å²) < 4.78 is -0.738. The van der Waals surface area contributed by atoms with Crippen LogP contribution in [-0.2, 0) is 14.4 Å². The van der Waals surface area contributed by atoms with Gasteiger partial charge < -0.3 is 19.8 Å². The highest BCUT2D eigenvalue weighted by Gasteiger charge is 2.74. The van der Waals surface area contributed by atoms with Crippen molar-refractivity contribution in [1.82, 2.24) is 9.80 Å². The van der Waals surface area contributed by atoms with E-state index in [0.29, 0.717) is 23.7 Å². The molecule has 3 heterocycles. The average Bonchev–Trinajstić information content (AvgIpc) is 3.49. The molecule has 1 aromatic carbocycles. The van der Waals surface area contributed by atoms with Gasteiger partial charge in [-0.15, -0.1) is 24.9 Å². The molecule has 9 heteroatoms. The highest BCUT2D eigenvalue weighted by molar-refractivity contribution is 8.02. The summed E-state index contributed by atoms with van der Waals surface area (Å²) in [7, 11) is 1.72. The first-order valence-electron chi connectivity index (χ1n) is 11.9. The van der Waals surface area contributed by atoms with Gasteiger partial charge >= 0.3 is 0 Å². The van der Waals surface area contributed by atoms with Gasteiger partial charge in [0.05, 0.1) is 39.9 Å². The van der Waals surface area contributed by atoms with Gasteiger partial charge in [0.1, 0.15) is 6.04 Å². The number of rotatable bonds is 9. The third kappa shape index (κ3) is 3.99. The van der Waals surface area contributed by atoms with E-state index in [4.69, 9.17) is 11.6 Å². The predicted octanol–water partition coefficient (Wildman–Crippen LogP) is 2.98. The summed E-state index contributed by atoms with van der Waals surface area (Å²) in [5, 5.41) is 10.4. The van der Waals surface area contributed by atoms with E-state index in [-0.39, 0.29) is 36.1 Å². The third-order valence-electron chi connectivity index (χ3n) is 7.50. The molecular formula is C26H32ClN3O4S. The molecule has 7 nitrogen and oxygen atoms in total. The lowest BCUT2D eigenvalue weighted by atomic mass is 9.70. The van der Waals surface area contributed by atoms with Gasteiger partial charge in [-0.3, -0.25) is 14.4 Å². The highest BCUT2D eigenvalue weighted by atomic mass is 35.5. The quantitative estimate of drug-likeness (QED) is 0.509. The second kappa shape index (κ2) is 9.99. The number of hydrogen-bond donors (Lipinski definition) is 1. The fourth-order valence-corrected chi connectivity index (χ4v) is 8.44. The summed E-state index contributed by atoms with van der Waals surface area (Å²) in [6.45, 7) is 9.59. The highest BCUT2D eigenvalue weighted by Crippen LogP contribution is 2.67. The first-order chi connectivity index (χ1) is 16.7. The lowest BCUT2D eigenvalue weighted by Gasteiger charge is -2.39. The maximum Gasteiger partial charge on any atom is 0.251 e. The first-order valence-corrected chi connectivity index (χ1v) is 13.1. The normalized spacial score (nSPS) is 29.6. The van der Waals surface area contributed by atoms with Gasteiger partial charge in [-0.1, -0.05) is 35.9 Å². The van der Waals surface area contributed by atoms with Crippen LogP contribution in [0.5, 0.6) is 0 Å². The van der Waals surface area contributed by atoms with Crippen molar-refractivity contribution in [2.45, 2.75) is 41.8 Å². The standard InChI is InChI=1S/C26H32ClN3O4S/c1-5-13-28(4)23(32)20-19-11-12-26(35-19)21(20)24(33)30(16(3)15-31)22(26)25(34)29(14-6-2)18-10-8-7-9-17(18)27/h5-10,16,19-22,31H,1-2,11-15H2,3-4H3/t16-,19+,20-,21+,22?,26?/m1/s1. The Kier molecular flexibility index (Phi) is 7.36. The number of amides is 3. The summed E-state index contributed by atoms with van der Waals surface area (Å²) in [5.41, 5.74) is 0.541. The molecule has 3 aliphatic heterocycles. The van der Waals surface area contributed by atoms with Crippen LogP contribution in [0.3, 0.4) is 0 Å². The molecule has 2 bridgehead atoms. The summed E-state index contributed by atoms with van der Waals surface area (Å²) in [6.07, 6.45) is 4.70. The second-order valence-electron chi connectivity index (χ2n) is 9.53. The number of benzene rings is 1. The minimum absolute atomic E-state index is 0.0289. The summed E-state index contributed by atoms with van der Waals surface area (Å²) in [5.74, 6) is -1.73. The molecule has 3 aliphatic rings. The van der Waals surface area contributed by atoms with Crippen LogP contribution in [0.2, 0.25) is 5.02 Å². The maximum absolute atomic E-state index is 14.3. The van der Waals surface area contributed by atoms with Gasteiger partial charge in [0.15, 0.2) is 0 Å². The number of thioether (sulfide) groups is 1. The van der Waals surface area contributed by atoms with Crippen molar-refractivity contribution in [3.63, 3.8) is 0 Å². The number of para-hydroxylation sites is 1. The van der Waals surface area contributed by atoms with E-state index in [0.717, 1.165) is 6.42 Å². The van der Waals surface area contributed by atoms with Gasteiger partial charge in [0, 0.05) is 25.4 Å². The van der Waals surface area contributed by atoms with E-state index in [2.05, 4.69) is 13.2 Å². The minimum Gasteiger partial charge on any atom is -0.394 e.